The first kappa shape index (κ1) is 19.0. The highest BCUT2D eigenvalue weighted by atomic mass is 32.2. The van der Waals surface area contributed by atoms with Crippen LogP contribution in [0.3, 0.4) is 0 Å². The molecule has 0 spiro atoms. The fourth-order valence-corrected chi connectivity index (χ4v) is 3.25. The molecule has 0 radical (unpaired) electrons. The monoisotopic (exact) mass is 344 g/mol. The Balaban J connectivity index is 2.86. The molecule has 0 aliphatic carbocycles. The highest BCUT2D eigenvalue weighted by Crippen LogP contribution is 2.17. The number of anilines is 1. The smallest absolute Gasteiger partial charge is 0.242 e. The Labute approximate surface area is 137 Å². The highest BCUT2D eigenvalue weighted by Gasteiger charge is 2.23. The zero-order chi connectivity index (χ0) is 16.8. The van der Waals surface area contributed by atoms with Gasteiger partial charge in [0.1, 0.15) is 6.04 Å². The number of aryl methyl sites for hydroxylation is 2. The van der Waals surface area contributed by atoms with E-state index in [9.17, 15) is 13.2 Å². The Kier molecular flexibility index (Phi) is 7.38. The number of rotatable bonds is 8. The molecule has 1 aromatic carbocycles. The molecule has 0 saturated heterocycles. The van der Waals surface area contributed by atoms with Gasteiger partial charge in [-0.25, -0.2) is 13.1 Å². The maximum absolute atomic E-state index is 12.4. The van der Waals surface area contributed by atoms with Gasteiger partial charge in [0.15, 0.2) is 0 Å². The van der Waals surface area contributed by atoms with E-state index in [1.165, 1.54) is 0 Å². The molecule has 2 N–H and O–H groups in total. The summed E-state index contributed by atoms with van der Waals surface area (Å²) in [5, 5.41) is 2.82. The first-order chi connectivity index (χ1) is 10.3. The van der Waals surface area contributed by atoms with E-state index in [0.29, 0.717) is 17.9 Å². The first-order valence-corrected chi connectivity index (χ1v) is 10.2. The summed E-state index contributed by atoms with van der Waals surface area (Å²) < 4.78 is 26.0. The normalized spacial score (nSPS) is 12.9. The number of carbonyl (C=O) groups is 1. The van der Waals surface area contributed by atoms with Crippen LogP contribution in [0.25, 0.3) is 0 Å². The molecule has 1 rings (SSSR count). The van der Waals surface area contributed by atoms with E-state index >= 15 is 0 Å². The number of sulfonamides is 1. The molecule has 0 aliphatic heterocycles. The predicted molar refractivity (Wildman–Crippen MR) is 93.9 cm³/mol. The van der Waals surface area contributed by atoms with Gasteiger partial charge in [0.25, 0.3) is 0 Å². The van der Waals surface area contributed by atoms with Gasteiger partial charge in [-0.15, -0.1) is 0 Å². The second-order valence-electron chi connectivity index (χ2n) is 5.16. The van der Waals surface area contributed by atoms with E-state index in [1.54, 1.807) is 18.7 Å². The molecule has 22 heavy (non-hydrogen) atoms. The van der Waals surface area contributed by atoms with Gasteiger partial charge in [0, 0.05) is 5.69 Å². The first-order valence-electron chi connectivity index (χ1n) is 7.16. The van der Waals surface area contributed by atoms with Crippen LogP contribution in [0.1, 0.15) is 24.5 Å². The van der Waals surface area contributed by atoms with Crippen LogP contribution in [0.15, 0.2) is 18.2 Å². The van der Waals surface area contributed by atoms with Crippen LogP contribution in [0, 0.1) is 13.8 Å². The highest BCUT2D eigenvalue weighted by molar-refractivity contribution is 7.98. The van der Waals surface area contributed by atoms with Crippen LogP contribution in [-0.4, -0.2) is 38.1 Å². The van der Waals surface area contributed by atoms with Crippen molar-refractivity contribution in [3.63, 3.8) is 0 Å². The lowest BCUT2D eigenvalue weighted by Crippen LogP contribution is -2.44. The molecule has 1 amide bonds. The fourth-order valence-electron chi connectivity index (χ4n) is 1.95. The number of amides is 1. The summed E-state index contributed by atoms with van der Waals surface area (Å²) in [4.78, 5) is 12.4. The van der Waals surface area contributed by atoms with Gasteiger partial charge in [-0.1, -0.05) is 17.7 Å². The molecule has 7 heteroatoms. The van der Waals surface area contributed by atoms with Crippen LogP contribution in [0.4, 0.5) is 5.69 Å². The Morgan fingerprint density at radius 2 is 2.00 bits per heavy atom. The molecule has 0 bridgehead atoms. The quantitative estimate of drug-likeness (QED) is 0.759. The summed E-state index contributed by atoms with van der Waals surface area (Å²) in [5.41, 5.74) is 2.77. The minimum atomic E-state index is -3.42. The van der Waals surface area contributed by atoms with Gasteiger partial charge < -0.3 is 5.32 Å². The Bertz CT molecular complexity index is 615. The number of hydrogen-bond donors (Lipinski definition) is 2. The van der Waals surface area contributed by atoms with Gasteiger partial charge in [-0.3, -0.25) is 4.79 Å². The molecule has 0 heterocycles. The summed E-state index contributed by atoms with van der Waals surface area (Å²) in [6.07, 6.45) is 2.38. The Morgan fingerprint density at radius 1 is 1.32 bits per heavy atom. The average Bonchev–Trinajstić information content (AvgIpc) is 2.46. The van der Waals surface area contributed by atoms with Crippen molar-refractivity contribution in [1.29, 1.82) is 0 Å². The van der Waals surface area contributed by atoms with Crippen LogP contribution in [0.5, 0.6) is 0 Å². The van der Waals surface area contributed by atoms with E-state index in [1.807, 2.05) is 38.3 Å². The van der Waals surface area contributed by atoms with Gasteiger partial charge in [-0.05, 0) is 50.8 Å². The van der Waals surface area contributed by atoms with Crippen molar-refractivity contribution in [2.45, 2.75) is 33.2 Å². The molecule has 1 atom stereocenters. The fraction of sp³-hybridized carbons (Fsp3) is 0.533. The van der Waals surface area contributed by atoms with Crippen molar-refractivity contribution >= 4 is 33.4 Å². The van der Waals surface area contributed by atoms with E-state index in [-0.39, 0.29) is 11.7 Å². The largest absolute Gasteiger partial charge is 0.324 e. The van der Waals surface area contributed by atoms with Crippen molar-refractivity contribution in [3.05, 3.63) is 29.3 Å². The maximum atomic E-state index is 12.4. The number of hydrogen-bond acceptors (Lipinski definition) is 4. The summed E-state index contributed by atoms with van der Waals surface area (Å²) >= 11 is 1.58. The lowest BCUT2D eigenvalue weighted by Gasteiger charge is -2.18. The molecular formula is C15H24N2O3S2. The van der Waals surface area contributed by atoms with Crippen molar-refractivity contribution in [2.24, 2.45) is 0 Å². The summed E-state index contributed by atoms with van der Waals surface area (Å²) in [7, 11) is -3.42. The lowest BCUT2D eigenvalue weighted by atomic mass is 10.1. The standard InChI is InChI=1S/C15H24N2O3S2/c1-5-22(19,20)17-14(8-9-21-4)15(18)16-13-7-6-11(2)10-12(13)3/h6-7,10,14,17H,5,8-9H2,1-4H3,(H,16,18)/t14-/m1/s1. The van der Waals surface area contributed by atoms with E-state index in [2.05, 4.69) is 10.0 Å². The molecule has 0 saturated carbocycles. The molecular weight excluding hydrogens is 320 g/mol. The van der Waals surface area contributed by atoms with E-state index in [0.717, 1.165) is 11.1 Å². The lowest BCUT2D eigenvalue weighted by molar-refractivity contribution is -0.117. The minimum Gasteiger partial charge on any atom is -0.324 e. The van der Waals surface area contributed by atoms with Crippen molar-refractivity contribution < 1.29 is 13.2 Å². The SMILES string of the molecule is CCS(=O)(=O)N[C@H](CCSC)C(=O)Nc1ccc(C)cc1C. The number of nitrogens with one attached hydrogen (secondary N) is 2. The van der Waals surface area contributed by atoms with Crippen LogP contribution in [0.2, 0.25) is 0 Å². The van der Waals surface area contributed by atoms with Gasteiger partial charge in [0.2, 0.25) is 15.9 Å². The molecule has 0 aliphatic rings. The number of thioether (sulfide) groups is 1. The molecule has 0 unspecified atom stereocenters. The van der Waals surface area contributed by atoms with Gasteiger partial charge in [-0.2, -0.15) is 11.8 Å². The third-order valence-corrected chi connectivity index (χ3v) is 5.32. The van der Waals surface area contributed by atoms with Crippen LogP contribution >= 0.6 is 11.8 Å². The summed E-state index contributed by atoms with van der Waals surface area (Å²) in [6.45, 7) is 5.45. The third kappa shape index (κ3) is 5.98. The summed E-state index contributed by atoms with van der Waals surface area (Å²) in [6, 6.07) is 4.97. The second kappa shape index (κ2) is 8.55. The van der Waals surface area contributed by atoms with E-state index < -0.39 is 16.1 Å². The number of carbonyl (C=O) groups excluding carboxylic acids is 1. The Hall–Kier alpha value is -1.05. The third-order valence-electron chi connectivity index (χ3n) is 3.27. The zero-order valence-electron chi connectivity index (χ0n) is 13.5. The Morgan fingerprint density at radius 3 is 2.55 bits per heavy atom. The second-order valence-corrected chi connectivity index (χ2v) is 8.19. The van der Waals surface area contributed by atoms with Gasteiger partial charge >= 0.3 is 0 Å². The average molecular weight is 345 g/mol. The molecule has 5 nitrogen and oxygen atoms in total. The molecule has 0 fully saturated rings. The maximum Gasteiger partial charge on any atom is 0.242 e. The van der Waals surface area contributed by atoms with Crippen molar-refractivity contribution in [2.75, 3.05) is 23.1 Å². The van der Waals surface area contributed by atoms with Crippen molar-refractivity contribution in [3.8, 4) is 0 Å². The predicted octanol–water partition coefficient (Wildman–Crippen LogP) is 2.30. The van der Waals surface area contributed by atoms with Crippen molar-refractivity contribution in [1.82, 2.24) is 4.72 Å². The molecule has 0 aromatic heterocycles. The summed E-state index contributed by atoms with van der Waals surface area (Å²) in [5.74, 6) is 0.342. The molecule has 1 aromatic rings. The minimum absolute atomic E-state index is 0.0421. The van der Waals surface area contributed by atoms with Crippen LogP contribution < -0.4 is 10.0 Å². The van der Waals surface area contributed by atoms with Gasteiger partial charge in [0.05, 0.1) is 5.75 Å². The van der Waals surface area contributed by atoms with Crippen LogP contribution in [-0.2, 0) is 14.8 Å². The molecule has 124 valence electrons. The zero-order valence-corrected chi connectivity index (χ0v) is 15.1. The topological polar surface area (TPSA) is 75.3 Å². The van der Waals surface area contributed by atoms with E-state index in [4.69, 9.17) is 0 Å². The number of benzene rings is 1.